The van der Waals surface area contributed by atoms with Crippen molar-refractivity contribution in [3.05, 3.63) is 35.4 Å². The standard InChI is InChI=1S/C11H14N2O2/c12-9(10-6-15-10)5-7-1-3-8(4-2-7)11(13)14/h1-4,9-10H,5-6,12H2,(H2,13,14)/t9-,10?/m1/s1. The van der Waals surface area contributed by atoms with Gasteiger partial charge in [-0.3, -0.25) is 4.79 Å². The van der Waals surface area contributed by atoms with Crippen molar-refractivity contribution in [3.63, 3.8) is 0 Å². The molecule has 0 aromatic heterocycles. The van der Waals surface area contributed by atoms with E-state index in [9.17, 15) is 4.79 Å². The van der Waals surface area contributed by atoms with E-state index < -0.39 is 5.91 Å². The molecule has 2 rings (SSSR count). The molecule has 0 spiro atoms. The van der Waals surface area contributed by atoms with Crippen molar-refractivity contribution in [2.24, 2.45) is 11.5 Å². The van der Waals surface area contributed by atoms with E-state index in [1.54, 1.807) is 12.1 Å². The number of hydrogen-bond donors (Lipinski definition) is 2. The van der Waals surface area contributed by atoms with Gasteiger partial charge in [0.1, 0.15) is 0 Å². The molecule has 1 aromatic rings. The number of carbonyl (C=O) groups is 1. The van der Waals surface area contributed by atoms with Crippen LogP contribution in [0.25, 0.3) is 0 Å². The average Bonchev–Trinajstić information content (AvgIpc) is 3.01. The van der Waals surface area contributed by atoms with Gasteiger partial charge < -0.3 is 16.2 Å². The van der Waals surface area contributed by atoms with E-state index in [0.717, 1.165) is 18.6 Å². The third-order valence-electron chi connectivity index (χ3n) is 2.55. The van der Waals surface area contributed by atoms with Crippen molar-refractivity contribution in [1.82, 2.24) is 0 Å². The summed E-state index contributed by atoms with van der Waals surface area (Å²) in [6, 6.07) is 7.24. The van der Waals surface area contributed by atoms with Crippen molar-refractivity contribution in [2.45, 2.75) is 18.6 Å². The van der Waals surface area contributed by atoms with E-state index in [-0.39, 0.29) is 12.1 Å². The van der Waals surface area contributed by atoms with Crippen LogP contribution >= 0.6 is 0 Å². The summed E-state index contributed by atoms with van der Waals surface area (Å²) < 4.78 is 5.11. The summed E-state index contributed by atoms with van der Waals surface area (Å²) in [5, 5.41) is 0. The SMILES string of the molecule is NC(=O)c1ccc(C[C@@H](N)C2CO2)cc1. The lowest BCUT2D eigenvalue weighted by Crippen LogP contribution is -2.29. The first-order chi connectivity index (χ1) is 7.16. The van der Waals surface area contributed by atoms with Gasteiger partial charge in [-0.2, -0.15) is 0 Å². The topological polar surface area (TPSA) is 81.6 Å². The van der Waals surface area contributed by atoms with Crippen molar-refractivity contribution in [1.29, 1.82) is 0 Å². The van der Waals surface area contributed by atoms with Crippen LogP contribution in [0.15, 0.2) is 24.3 Å². The second kappa shape index (κ2) is 4.00. The van der Waals surface area contributed by atoms with E-state index in [2.05, 4.69) is 0 Å². The van der Waals surface area contributed by atoms with E-state index >= 15 is 0 Å². The van der Waals surface area contributed by atoms with Gasteiger partial charge in [0.2, 0.25) is 5.91 Å². The van der Waals surface area contributed by atoms with Gasteiger partial charge in [0, 0.05) is 11.6 Å². The Morgan fingerprint density at radius 2 is 2.07 bits per heavy atom. The number of ether oxygens (including phenoxy) is 1. The number of hydrogen-bond acceptors (Lipinski definition) is 3. The smallest absolute Gasteiger partial charge is 0.248 e. The molecule has 80 valence electrons. The molecule has 1 saturated heterocycles. The monoisotopic (exact) mass is 206 g/mol. The zero-order chi connectivity index (χ0) is 10.8. The maximum atomic E-state index is 10.8. The van der Waals surface area contributed by atoms with Crippen LogP contribution in [0.2, 0.25) is 0 Å². The van der Waals surface area contributed by atoms with Gasteiger partial charge in [-0.15, -0.1) is 0 Å². The first-order valence-electron chi connectivity index (χ1n) is 4.93. The Hall–Kier alpha value is -1.39. The Balaban J connectivity index is 1.99. The molecular formula is C11H14N2O2. The average molecular weight is 206 g/mol. The van der Waals surface area contributed by atoms with Crippen LogP contribution < -0.4 is 11.5 Å². The summed E-state index contributed by atoms with van der Waals surface area (Å²) >= 11 is 0. The first-order valence-corrected chi connectivity index (χ1v) is 4.93. The minimum absolute atomic E-state index is 0.0458. The van der Waals surface area contributed by atoms with Crippen LogP contribution in [0.1, 0.15) is 15.9 Å². The van der Waals surface area contributed by atoms with Gasteiger partial charge in [-0.25, -0.2) is 0 Å². The molecule has 0 saturated carbocycles. The van der Waals surface area contributed by atoms with Gasteiger partial charge in [0.05, 0.1) is 12.7 Å². The molecular weight excluding hydrogens is 192 g/mol. The van der Waals surface area contributed by atoms with Gasteiger partial charge in [0.25, 0.3) is 0 Å². The fourth-order valence-electron chi connectivity index (χ4n) is 1.51. The van der Waals surface area contributed by atoms with E-state index in [0.29, 0.717) is 5.56 Å². The molecule has 1 amide bonds. The van der Waals surface area contributed by atoms with Gasteiger partial charge >= 0.3 is 0 Å². The molecule has 0 radical (unpaired) electrons. The third-order valence-corrected chi connectivity index (χ3v) is 2.55. The lowest BCUT2D eigenvalue weighted by Gasteiger charge is -2.08. The highest BCUT2D eigenvalue weighted by molar-refractivity contribution is 5.92. The molecule has 1 fully saturated rings. The zero-order valence-corrected chi connectivity index (χ0v) is 8.35. The molecule has 0 aliphatic carbocycles. The molecule has 15 heavy (non-hydrogen) atoms. The molecule has 4 N–H and O–H groups in total. The summed E-state index contributed by atoms with van der Waals surface area (Å²) in [6.07, 6.45) is 0.977. The Kier molecular flexibility index (Phi) is 2.70. The molecule has 1 heterocycles. The van der Waals surface area contributed by atoms with Crippen LogP contribution in [0.4, 0.5) is 0 Å². The quantitative estimate of drug-likeness (QED) is 0.683. The maximum Gasteiger partial charge on any atom is 0.248 e. The molecule has 1 aliphatic rings. The second-order valence-corrected chi connectivity index (χ2v) is 3.80. The second-order valence-electron chi connectivity index (χ2n) is 3.80. The minimum atomic E-state index is -0.406. The summed E-state index contributed by atoms with van der Waals surface area (Å²) in [5.74, 6) is -0.406. The van der Waals surface area contributed by atoms with Crippen LogP contribution in [0, 0.1) is 0 Å². The van der Waals surface area contributed by atoms with Crippen LogP contribution in [-0.2, 0) is 11.2 Å². The largest absolute Gasteiger partial charge is 0.371 e. The molecule has 1 aromatic carbocycles. The first kappa shape index (κ1) is 10.1. The number of epoxide rings is 1. The lowest BCUT2D eigenvalue weighted by atomic mass is 10.0. The lowest BCUT2D eigenvalue weighted by molar-refractivity contribution is 0.100. The molecule has 1 unspecified atom stereocenters. The maximum absolute atomic E-state index is 10.8. The number of rotatable bonds is 4. The summed E-state index contributed by atoms with van der Waals surface area (Å²) in [6.45, 7) is 0.764. The molecule has 4 nitrogen and oxygen atoms in total. The van der Waals surface area contributed by atoms with Crippen LogP contribution in [0.5, 0.6) is 0 Å². The molecule has 2 atom stereocenters. The highest BCUT2D eigenvalue weighted by Crippen LogP contribution is 2.16. The van der Waals surface area contributed by atoms with Crippen molar-refractivity contribution < 1.29 is 9.53 Å². The summed E-state index contributed by atoms with van der Waals surface area (Å²) in [5.41, 5.74) is 12.7. The predicted octanol–water partition coefficient (Wildman–Crippen LogP) is 0.0541. The fraction of sp³-hybridized carbons (Fsp3) is 0.364. The molecule has 0 bridgehead atoms. The number of nitrogens with two attached hydrogens (primary N) is 2. The van der Waals surface area contributed by atoms with Crippen LogP contribution in [-0.4, -0.2) is 24.7 Å². The summed E-state index contributed by atoms with van der Waals surface area (Å²) in [4.78, 5) is 10.8. The molecule has 1 aliphatic heterocycles. The Labute approximate surface area is 88.2 Å². The predicted molar refractivity (Wildman–Crippen MR) is 56.4 cm³/mol. The van der Waals surface area contributed by atoms with E-state index in [4.69, 9.17) is 16.2 Å². The number of amides is 1. The Bertz CT molecular complexity index is 357. The Morgan fingerprint density at radius 1 is 1.47 bits per heavy atom. The normalized spacial score (nSPS) is 21.0. The number of benzene rings is 1. The van der Waals surface area contributed by atoms with Gasteiger partial charge in [-0.05, 0) is 24.1 Å². The van der Waals surface area contributed by atoms with Crippen LogP contribution in [0.3, 0.4) is 0 Å². The third kappa shape index (κ3) is 2.55. The summed E-state index contributed by atoms with van der Waals surface area (Å²) in [7, 11) is 0. The van der Waals surface area contributed by atoms with Crippen molar-refractivity contribution in [2.75, 3.05) is 6.61 Å². The molecule has 4 heteroatoms. The van der Waals surface area contributed by atoms with Crippen molar-refractivity contribution in [3.8, 4) is 0 Å². The van der Waals surface area contributed by atoms with Crippen molar-refractivity contribution >= 4 is 5.91 Å². The minimum Gasteiger partial charge on any atom is -0.371 e. The fourth-order valence-corrected chi connectivity index (χ4v) is 1.51. The van der Waals surface area contributed by atoms with Gasteiger partial charge in [-0.1, -0.05) is 12.1 Å². The number of carbonyl (C=O) groups excluding carboxylic acids is 1. The Morgan fingerprint density at radius 3 is 2.53 bits per heavy atom. The number of primary amides is 1. The van der Waals surface area contributed by atoms with E-state index in [1.807, 2.05) is 12.1 Å². The van der Waals surface area contributed by atoms with E-state index in [1.165, 1.54) is 0 Å². The van der Waals surface area contributed by atoms with Gasteiger partial charge in [0.15, 0.2) is 0 Å². The highest BCUT2D eigenvalue weighted by atomic mass is 16.6. The zero-order valence-electron chi connectivity index (χ0n) is 8.35. The highest BCUT2D eigenvalue weighted by Gasteiger charge is 2.29.